The molecule has 2 N–H and O–H groups in total. The highest BCUT2D eigenvalue weighted by Crippen LogP contribution is 2.22. The third-order valence-electron chi connectivity index (χ3n) is 2.93. The second-order valence-corrected chi connectivity index (χ2v) is 5.17. The maximum Gasteiger partial charge on any atom is 0.260 e. The molecule has 2 rings (SSSR count). The van der Waals surface area contributed by atoms with E-state index in [9.17, 15) is 4.79 Å². The number of anilines is 2. The summed E-state index contributed by atoms with van der Waals surface area (Å²) in [5.74, 6) is -0.200. The predicted molar refractivity (Wildman–Crippen MR) is 82.4 cm³/mol. The van der Waals surface area contributed by atoms with Crippen LogP contribution in [0, 0.1) is 11.3 Å². The first-order chi connectivity index (χ1) is 9.52. The van der Waals surface area contributed by atoms with Crippen molar-refractivity contribution < 1.29 is 4.79 Å². The number of carbonyl (C=O) groups excluding carboxylic acids is 1. The van der Waals surface area contributed by atoms with Gasteiger partial charge in [-0.1, -0.05) is 15.9 Å². The zero-order chi connectivity index (χ0) is 14.7. The maximum absolute atomic E-state index is 12.4. The van der Waals surface area contributed by atoms with Gasteiger partial charge in [-0.15, -0.1) is 0 Å². The minimum Gasteiger partial charge on any atom is -0.398 e. The Kier molecular flexibility index (Phi) is 4.06. The number of nitrogens with zero attached hydrogens (tertiary/aromatic N) is 2. The molecule has 0 aliphatic rings. The summed E-state index contributed by atoms with van der Waals surface area (Å²) in [5, 5.41) is 8.77. The molecule has 0 unspecified atom stereocenters. The number of benzene rings is 2. The lowest BCUT2D eigenvalue weighted by Gasteiger charge is -2.18. The van der Waals surface area contributed by atoms with Gasteiger partial charge in [-0.05, 0) is 42.5 Å². The van der Waals surface area contributed by atoms with Crippen LogP contribution in [0.5, 0.6) is 0 Å². The van der Waals surface area contributed by atoms with Crippen molar-refractivity contribution in [2.45, 2.75) is 0 Å². The number of hydrogen-bond donors (Lipinski definition) is 1. The smallest absolute Gasteiger partial charge is 0.260 e. The fourth-order valence-corrected chi connectivity index (χ4v) is 2.13. The number of carbonyl (C=O) groups is 1. The fraction of sp³-hybridized carbons (Fsp3) is 0.0667. The van der Waals surface area contributed by atoms with Crippen molar-refractivity contribution >= 4 is 33.2 Å². The standard InChI is InChI=1S/C15H12BrN3O/c1-19(12-5-2-10(9-17)3-6-12)15(20)13-8-11(16)4-7-14(13)18/h2-8H,18H2,1H3. The molecule has 0 fully saturated rings. The van der Waals surface area contributed by atoms with E-state index in [0.29, 0.717) is 22.5 Å². The van der Waals surface area contributed by atoms with Crippen LogP contribution in [-0.2, 0) is 0 Å². The van der Waals surface area contributed by atoms with Crippen LogP contribution in [0.3, 0.4) is 0 Å². The molecule has 4 nitrogen and oxygen atoms in total. The third kappa shape index (κ3) is 2.81. The predicted octanol–water partition coefficient (Wildman–Crippen LogP) is 3.18. The van der Waals surface area contributed by atoms with E-state index >= 15 is 0 Å². The molecule has 1 amide bonds. The van der Waals surface area contributed by atoms with Crippen LogP contribution >= 0.6 is 15.9 Å². The lowest BCUT2D eigenvalue weighted by molar-refractivity contribution is 0.0994. The highest BCUT2D eigenvalue weighted by molar-refractivity contribution is 9.10. The maximum atomic E-state index is 12.4. The van der Waals surface area contributed by atoms with E-state index in [0.717, 1.165) is 4.47 Å². The number of nitrogens with two attached hydrogens (primary N) is 1. The summed E-state index contributed by atoms with van der Waals surface area (Å²) in [6.45, 7) is 0. The molecular formula is C15H12BrN3O. The van der Waals surface area contributed by atoms with Gasteiger partial charge >= 0.3 is 0 Å². The van der Waals surface area contributed by atoms with Gasteiger partial charge < -0.3 is 10.6 Å². The normalized spacial score (nSPS) is 9.85. The molecule has 0 spiro atoms. The summed E-state index contributed by atoms with van der Waals surface area (Å²) in [7, 11) is 1.67. The van der Waals surface area contributed by atoms with E-state index in [1.54, 1.807) is 49.5 Å². The summed E-state index contributed by atoms with van der Waals surface area (Å²) in [6, 6.07) is 14.0. The molecule has 2 aromatic carbocycles. The molecule has 20 heavy (non-hydrogen) atoms. The molecule has 0 radical (unpaired) electrons. The Labute approximate surface area is 125 Å². The summed E-state index contributed by atoms with van der Waals surface area (Å²) in [6.07, 6.45) is 0. The van der Waals surface area contributed by atoms with Crippen molar-refractivity contribution in [2.24, 2.45) is 0 Å². The largest absolute Gasteiger partial charge is 0.398 e. The van der Waals surface area contributed by atoms with Gasteiger partial charge in [0.05, 0.1) is 17.2 Å². The second-order valence-electron chi connectivity index (χ2n) is 4.25. The van der Waals surface area contributed by atoms with Gasteiger partial charge in [0.1, 0.15) is 0 Å². The number of rotatable bonds is 2. The van der Waals surface area contributed by atoms with Gasteiger partial charge in [0.2, 0.25) is 0 Å². The van der Waals surface area contributed by atoms with Crippen LogP contribution in [0.15, 0.2) is 46.9 Å². The second kappa shape index (κ2) is 5.76. The zero-order valence-electron chi connectivity index (χ0n) is 10.8. The number of nitriles is 1. The molecular weight excluding hydrogens is 318 g/mol. The van der Waals surface area contributed by atoms with Crippen molar-refractivity contribution in [3.63, 3.8) is 0 Å². The summed E-state index contributed by atoms with van der Waals surface area (Å²) < 4.78 is 0.795. The molecule has 0 aliphatic heterocycles. The van der Waals surface area contributed by atoms with Crippen LogP contribution in [0.1, 0.15) is 15.9 Å². The average molecular weight is 330 g/mol. The molecule has 0 saturated heterocycles. The van der Waals surface area contributed by atoms with Gasteiger partial charge in [-0.3, -0.25) is 4.79 Å². The molecule has 0 aromatic heterocycles. The molecule has 0 aliphatic carbocycles. The van der Waals surface area contributed by atoms with Gasteiger partial charge in [0, 0.05) is 22.9 Å². The first-order valence-corrected chi connectivity index (χ1v) is 6.65. The number of amides is 1. The van der Waals surface area contributed by atoms with Gasteiger partial charge in [-0.25, -0.2) is 0 Å². The first kappa shape index (κ1) is 14.1. The molecule has 0 heterocycles. The fourth-order valence-electron chi connectivity index (χ4n) is 1.77. The summed E-state index contributed by atoms with van der Waals surface area (Å²) >= 11 is 3.33. The van der Waals surface area contributed by atoms with Crippen LogP contribution < -0.4 is 10.6 Å². The Balaban J connectivity index is 2.32. The molecule has 2 aromatic rings. The Morgan fingerprint density at radius 2 is 1.90 bits per heavy atom. The summed E-state index contributed by atoms with van der Waals surface area (Å²) in [4.78, 5) is 13.9. The minimum absolute atomic E-state index is 0.200. The van der Waals surface area contributed by atoms with Gasteiger partial charge in [-0.2, -0.15) is 5.26 Å². The zero-order valence-corrected chi connectivity index (χ0v) is 12.4. The number of halogens is 1. The quantitative estimate of drug-likeness (QED) is 0.860. The minimum atomic E-state index is -0.200. The van der Waals surface area contributed by atoms with Crippen molar-refractivity contribution in [1.29, 1.82) is 5.26 Å². The Morgan fingerprint density at radius 3 is 2.50 bits per heavy atom. The lowest BCUT2D eigenvalue weighted by Crippen LogP contribution is -2.27. The highest BCUT2D eigenvalue weighted by Gasteiger charge is 2.16. The van der Waals surface area contributed by atoms with Crippen molar-refractivity contribution in [2.75, 3.05) is 17.7 Å². The van der Waals surface area contributed by atoms with Gasteiger partial charge in [0.25, 0.3) is 5.91 Å². The Bertz CT molecular complexity index is 689. The number of hydrogen-bond acceptors (Lipinski definition) is 3. The van der Waals surface area contributed by atoms with Crippen LogP contribution in [0.4, 0.5) is 11.4 Å². The molecule has 0 bridgehead atoms. The van der Waals surface area contributed by atoms with Crippen molar-refractivity contribution in [1.82, 2.24) is 0 Å². The molecule has 0 saturated carbocycles. The van der Waals surface area contributed by atoms with Crippen molar-refractivity contribution in [3.8, 4) is 6.07 Å². The van der Waals surface area contributed by atoms with E-state index in [4.69, 9.17) is 11.0 Å². The van der Waals surface area contributed by atoms with E-state index in [2.05, 4.69) is 15.9 Å². The lowest BCUT2D eigenvalue weighted by atomic mass is 10.1. The van der Waals surface area contributed by atoms with Crippen molar-refractivity contribution in [3.05, 3.63) is 58.1 Å². The average Bonchev–Trinajstić information content (AvgIpc) is 2.48. The van der Waals surface area contributed by atoms with E-state index in [-0.39, 0.29) is 5.91 Å². The Hall–Kier alpha value is -2.32. The monoisotopic (exact) mass is 329 g/mol. The van der Waals surface area contributed by atoms with E-state index < -0.39 is 0 Å². The van der Waals surface area contributed by atoms with Gasteiger partial charge in [0.15, 0.2) is 0 Å². The first-order valence-electron chi connectivity index (χ1n) is 5.86. The Morgan fingerprint density at radius 1 is 1.25 bits per heavy atom. The summed E-state index contributed by atoms with van der Waals surface area (Å²) in [5.41, 5.74) is 7.96. The van der Waals surface area contributed by atoms with Crippen LogP contribution in [0.2, 0.25) is 0 Å². The molecule has 5 heteroatoms. The molecule has 100 valence electrons. The third-order valence-corrected chi connectivity index (χ3v) is 3.43. The SMILES string of the molecule is CN(C(=O)c1cc(Br)ccc1N)c1ccc(C#N)cc1. The van der Waals surface area contributed by atoms with Crippen LogP contribution in [0.25, 0.3) is 0 Å². The topological polar surface area (TPSA) is 70.1 Å². The van der Waals surface area contributed by atoms with Crippen LogP contribution in [-0.4, -0.2) is 13.0 Å². The highest BCUT2D eigenvalue weighted by atomic mass is 79.9. The van der Waals surface area contributed by atoms with E-state index in [1.165, 1.54) is 4.90 Å². The molecule has 0 atom stereocenters. The van der Waals surface area contributed by atoms with E-state index in [1.807, 2.05) is 6.07 Å². The number of nitrogen functional groups attached to an aromatic ring is 1.